The Balaban J connectivity index is 1.38. The zero-order chi connectivity index (χ0) is 23.2. The number of pyridine rings is 1. The summed E-state index contributed by atoms with van der Waals surface area (Å²) in [6, 6.07) is 8.62. The zero-order valence-electron chi connectivity index (χ0n) is 18.2. The highest BCUT2D eigenvalue weighted by Crippen LogP contribution is 2.29. The number of amides is 2. The molecule has 4 rings (SSSR count). The number of hydrogen-bond donors (Lipinski definition) is 2. The Hall–Kier alpha value is -3.66. The molecular formula is C23H25N5O4S. The first kappa shape index (κ1) is 22.5. The average Bonchev–Trinajstić information content (AvgIpc) is 3.37. The summed E-state index contributed by atoms with van der Waals surface area (Å²) in [6.07, 6.45) is 3.29. The Morgan fingerprint density at radius 3 is 2.82 bits per heavy atom. The first-order valence-corrected chi connectivity index (χ1v) is 11.5. The van der Waals surface area contributed by atoms with E-state index in [9.17, 15) is 9.59 Å². The van der Waals surface area contributed by atoms with E-state index in [-0.39, 0.29) is 17.7 Å². The van der Waals surface area contributed by atoms with E-state index in [0.29, 0.717) is 35.9 Å². The van der Waals surface area contributed by atoms with E-state index >= 15 is 0 Å². The number of hydrogen-bond acceptors (Lipinski definition) is 8. The number of thiazole rings is 1. The average molecular weight is 468 g/mol. The smallest absolute Gasteiger partial charge is 0.255 e. The van der Waals surface area contributed by atoms with E-state index in [1.807, 2.05) is 16.3 Å². The third kappa shape index (κ3) is 5.58. The molecule has 1 aliphatic heterocycles. The Kier molecular flexibility index (Phi) is 7.04. The monoisotopic (exact) mass is 467 g/mol. The second kappa shape index (κ2) is 10.3. The van der Waals surface area contributed by atoms with Gasteiger partial charge in [-0.05, 0) is 43.2 Å². The molecular weight excluding hydrogens is 442 g/mol. The minimum Gasteiger partial charge on any atom is -0.493 e. The first-order chi connectivity index (χ1) is 16.0. The van der Waals surface area contributed by atoms with Gasteiger partial charge in [0.05, 0.1) is 36.1 Å². The molecule has 172 valence electrons. The predicted octanol–water partition coefficient (Wildman–Crippen LogP) is 3.08. The third-order valence-corrected chi connectivity index (χ3v) is 6.07. The van der Waals surface area contributed by atoms with Crippen LogP contribution in [-0.4, -0.2) is 42.0 Å². The van der Waals surface area contributed by atoms with Crippen LogP contribution in [0.1, 0.15) is 28.9 Å². The largest absolute Gasteiger partial charge is 0.493 e. The summed E-state index contributed by atoms with van der Waals surface area (Å²) in [7, 11) is 1.53. The van der Waals surface area contributed by atoms with Crippen molar-refractivity contribution >= 4 is 34.7 Å². The van der Waals surface area contributed by atoms with Crippen molar-refractivity contribution in [1.82, 2.24) is 9.97 Å². The number of carbonyl (C=O) groups is 2. The lowest BCUT2D eigenvalue weighted by Gasteiger charge is -2.32. The van der Waals surface area contributed by atoms with Gasteiger partial charge in [0.1, 0.15) is 12.4 Å². The quantitative estimate of drug-likeness (QED) is 0.522. The lowest BCUT2D eigenvalue weighted by atomic mass is 9.97. The molecule has 2 amide bonds. The van der Waals surface area contributed by atoms with E-state index in [2.05, 4.69) is 15.3 Å². The highest BCUT2D eigenvalue weighted by Gasteiger charge is 2.24. The fourth-order valence-electron chi connectivity index (χ4n) is 3.66. The van der Waals surface area contributed by atoms with Crippen LogP contribution in [-0.2, 0) is 11.4 Å². The number of rotatable bonds is 8. The van der Waals surface area contributed by atoms with Gasteiger partial charge < -0.3 is 25.4 Å². The molecule has 0 radical (unpaired) electrons. The number of carbonyl (C=O) groups excluding carboxylic acids is 2. The van der Waals surface area contributed by atoms with E-state index in [1.54, 1.807) is 36.0 Å². The van der Waals surface area contributed by atoms with Gasteiger partial charge in [0.25, 0.3) is 5.91 Å². The molecule has 3 N–H and O–H groups in total. The zero-order valence-corrected chi connectivity index (χ0v) is 19.0. The summed E-state index contributed by atoms with van der Waals surface area (Å²) in [6.45, 7) is 1.70. The molecule has 9 nitrogen and oxygen atoms in total. The van der Waals surface area contributed by atoms with Crippen LogP contribution < -0.4 is 25.4 Å². The van der Waals surface area contributed by atoms with Gasteiger partial charge in [0.2, 0.25) is 5.91 Å². The topological polar surface area (TPSA) is 120 Å². The molecule has 1 fully saturated rings. The van der Waals surface area contributed by atoms with Crippen molar-refractivity contribution in [2.75, 3.05) is 30.4 Å². The number of piperidine rings is 1. The van der Waals surface area contributed by atoms with Gasteiger partial charge in [0.15, 0.2) is 11.5 Å². The Labute approximate surface area is 195 Å². The molecule has 1 aliphatic rings. The second-order valence-corrected chi connectivity index (χ2v) is 8.40. The van der Waals surface area contributed by atoms with Crippen LogP contribution in [0.2, 0.25) is 0 Å². The molecule has 0 aliphatic carbocycles. The van der Waals surface area contributed by atoms with Gasteiger partial charge in [-0.1, -0.05) is 0 Å². The van der Waals surface area contributed by atoms with Crippen molar-refractivity contribution in [3.8, 4) is 11.5 Å². The number of ether oxygens (including phenoxy) is 2. The fraction of sp³-hybridized carbons (Fsp3) is 0.304. The molecule has 33 heavy (non-hydrogen) atoms. The van der Waals surface area contributed by atoms with Gasteiger partial charge >= 0.3 is 0 Å². The van der Waals surface area contributed by atoms with Crippen molar-refractivity contribution in [3.63, 3.8) is 0 Å². The third-order valence-electron chi connectivity index (χ3n) is 5.44. The highest BCUT2D eigenvalue weighted by molar-refractivity contribution is 7.07. The SMILES string of the molecule is COc1cc(C(=O)Nc2ccc(N3CCCC(C(N)=O)C3)nc2)ccc1OCc1cscn1. The molecule has 0 bridgehead atoms. The molecule has 3 heterocycles. The number of nitrogens with two attached hydrogens (primary N) is 1. The van der Waals surface area contributed by atoms with Crippen LogP contribution in [0.15, 0.2) is 47.4 Å². The number of aromatic nitrogens is 2. The summed E-state index contributed by atoms with van der Waals surface area (Å²) < 4.78 is 11.2. The summed E-state index contributed by atoms with van der Waals surface area (Å²) in [5.74, 6) is 1.01. The van der Waals surface area contributed by atoms with Crippen molar-refractivity contribution < 1.29 is 19.1 Å². The van der Waals surface area contributed by atoms with Gasteiger partial charge in [-0.2, -0.15) is 0 Å². The highest BCUT2D eigenvalue weighted by atomic mass is 32.1. The van der Waals surface area contributed by atoms with Crippen LogP contribution in [0.5, 0.6) is 11.5 Å². The van der Waals surface area contributed by atoms with Crippen molar-refractivity contribution in [2.45, 2.75) is 19.4 Å². The van der Waals surface area contributed by atoms with Crippen LogP contribution in [0.4, 0.5) is 11.5 Å². The fourth-order valence-corrected chi connectivity index (χ4v) is 4.20. The molecule has 2 aromatic heterocycles. The van der Waals surface area contributed by atoms with Crippen LogP contribution in [0.25, 0.3) is 0 Å². The number of nitrogens with zero attached hydrogens (tertiary/aromatic N) is 3. The predicted molar refractivity (Wildman–Crippen MR) is 126 cm³/mol. The molecule has 0 saturated carbocycles. The molecule has 3 aromatic rings. The van der Waals surface area contributed by atoms with E-state index in [4.69, 9.17) is 15.2 Å². The number of methoxy groups -OCH3 is 1. The summed E-state index contributed by atoms with van der Waals surface area (Å²) in [4.78, 5) is 34.9. The number of benzene rings is 1. The van der Waals surface area contributed by atoms with E-state index < -0.39 is 0 Å². The minimum atomic E-state index is -0.291. The molecule has 1 unspecified atom stereocenters. The molecule has 1 saturated heterocycles. The van der Waals surface area contributed by atoms with Gasteiger partial charge in [-0.15, -0.1) is 11.3 Å². The summed E-state index contributed by atoms with van der Waals surface area (Å²) in [5, 5.41) is 4.75. The van der Waals surface area contributed by atoms with Crippen molar-refractivity contribution in [2.24, 2.45) is 11.7 Å². The lowest BCUT2D eigenvalue weighted by Crippen LogP contribution is -2.41. The molecule has 10 heteroatoms. The Morgan fingerprint density at radius 1 is 1.24 bits per heavy atom. The number of primary amides is 1. The summed E-state index contributed by atoms with van der Waals surface area (Å²) >= 11 is 1.50. The van der Waals surface area contributed by atoms with Crippen molar-refractivity contribution in [1.29, 1.82) is 0 Å². The maximum absolute atomic E-state index is 12.7. The minimum absolute atomic E-state index is 0.164. The standard InChI is InChI=1S/C23H25N5O4S/c1-31-20-9-15(4-6-19(20)32-12-18-13-33-14-26-18)23(30)27-17-5-7-21(25-10-17)28-8-2-3-16(11-28)22(24)29/h4-7,9-10,13-14,16H,2-3,8,11-12H2,1H3,(H2,24,29)(H,27,30). The van der Waals surface area contributed by atoms with Crippen LogP contribution in [0.3, 0.4) is 0 Å². The normalized spacial score (nSPS) is 15.7. The van der Waals surface area contributed by atoms with Crippen molar-refractivity contribution in [3.05, 3.63) is 58.7 Å². The molecule has 0 spiro atoms. The maximum Gasteiger partial charge on any atom is 0.255 e. The number of nitrogens with one attached hydrogen (secondary N) is 1. The molecule has 1 aromatic carbocycles. The Morgan fingerprint density at radius 2 is 2.12 bits per heavy atom. The summed E-state index contributed by atoms with van der Waals surface area (Å²) in [5.41, 5.74) is 9.02. The lowest BCUT2D eigenvalue weighted by molar-refractivity contribution is -0.122. The van der Waals surface area contributed by atoms with E-state index in [1.165, 1.54) is 18.4 Å². The number of anilines is 2. The van der Waals surface area contributed by atoms with Crippen LogP contribution >= 0.6 is 11.3 Å². The van der Waals surface area contributed by atoms with Crippen LogP contribution in [0, 0.1) is 5.92 Å². The first-order valence-electron chi connectivity index (χ1n) is 10.5. The molecule has 1 atom stereocenters. The van der Waals surface area contributed by atoms with Gasteiger partial charge in [0, 0.05) is 24.0 Å². The Bertz CT molecular complexity index is 1100. The van der Waals surface area contributed by atoms with Gasteiger partial charge in [-0.3, -0.25) is 9.59 Å². The van der Waals surface area contributed by atoms with E-state index in [0.717, 1.165) is 30.9 Å². The maximum atomic E-state index is 12.7. The second-order valence-electron chi connectivity index (χ2n) is 7.68. The van der Waals surface area contributed by atoms with Gasteiger partial charge in [-0.25, -0.2) is 9.97 Å².